The third-order valence-corrected chi connectivity index (χ3v) is 2.52. The van der Waals surface area contributed by atoms with Crippen LogP contribution in [-0.4, -0.2) is 9.97 Å². The van der Waals surface area contributed by atoms with Crippen LogP contribution in [0.15, 0.2) is 18.5 Å². The molecule has 14 heavy (non-hydrogen) atoms. The van der Waals surface area contributed by atoms with Gasteiger partial charge in [-0.3, -0.25) is 0 Å². The predicted molar refractivity (Wildman–Crippen MR) is 59.2 cm³/mol. The molecule has 0 aliphatic heterocycles. The van der Waals surface area contributed by atoms with Crippen molar-refractivity contribution in [3.05, 3.63) is 24.3 Å². The monoisotopic (exact) mass is 192 g/mol. The Morgan fingerprint density at radius 3 is 2.50 bits per heavy atom. The summed E-state index contributed by atoms with van der Waals surface area (Å²) in [6, 6.07) is 1.87. The molecule has 0 fully saturated rings. The fraction of sp³-hybridized carbons (Fsp3) is 0.667. The molecular formula is C12H20N2. The first-order chi connectivity index (χ1) is 6.84. The molecule has 0 saturated carbocycles. The van der Waals surface area contributed by atoms with E-state index in [1.807, 2.05) is 18.5 Å². The van der Waals surface area contributed by atoms with Crippen molar-refractivity contribution in [3.63, 3.8) is 0 Å². The molecule has 2 nitrogen and oxygen atoms in total. The van der Waals surface area contributed by atoms with Crippen LogP contribution >= 0.6 is 0 Å². The van der Waals surface area contributed by atoms with E-state index in [0.717, 1.165) is 5.82 Å². The molecule has 1 atom stereocenters. The first kappa shape index (κ1) is 11.2. The number of hydrogen-bond acceptors (Lipinski definition) is 2. The molecule has 0 amide bonds. The van der Waals surface area contributed by atoms with Gasteiger partial charge in [0.25, 0.3) is 0 Å². The lowest BCUT2D eigenvalue weighted by molar-refractivity contribution is 0.561. The van der Waals surface area contributed by atoms with Crippen LogP contribution in [0, 0.1) is 0 Å². The Labute approximate surface area is 86.8 Å². The van der Waals surface area contributed by atoms with Crippen molar-refractivity contribution >= 4 is 0 Å². The van der Waals surface area contributed by atoms with Crippen molar-refractivity contribution in [3.8, 4) is 0 Å². The third kappa shape index (κ3) is 3.86. The summed E-state index contributed by atoms with van der Waals surface area (Å²) in [5, 5.41) is 0. The second-order valence-electron chi connectivity index (χ2n) is 3.86. The van der Waals surface area contributed by atoms with E-state index in [9.17, 15) is 0 Å². The summed E-state index contributed by atoms with van der Waals surface area (Å²) in [7, 11) is 0. The normalized spacial score (nSPS) is 12.7. The average molecular weight is 192 g/mol. The van der Waals surface area contributed by atoms with Gasteiger partial charge in [0.15, 0.2) is 0 Å². The summed E-state index contributed by atoms with van der Waals surface area (Å²) in [6.07, 6.45) is 10.2. The summed E-state index contributed by atoms with van der Waals surface area (Å²) in [5.74, 6) is 1.50. The largest absolute Gasteiger partial charge is 0.241 e. The SMILES string of the molecule is CCCCCCC(C)c1ncccn1. The van der Waals surface area contributed by atoms with Gasteiger partial charge in [-0.25, -0.2) is 9.97 Å². The van der Waals surface area contributed by atoms with E-state index in [1.54, 1.807) is 0 Å². The molecule has 0 N–H and O–H groups in total. The Kier molecular flexibility index (Phi) is 5.20. The molecule has 0 aliphatic carbocycles. The summed E-state index contributed by atoms with van der Waals surface area (Å²) in [6.45, 7) is 4.45. The summed E-state index contributed by atoms with van der Waals surface area (Å²) >= 11 is 0. The van der Waals surface area contributed by atoms with Crippen LogP contribution in [-0.2, 0) is 0 Å². The lowest BCUT2D eigenvalue weighted by Gasteiger charge is -2.08. The van der Waals surface area contributed by atoms with Crippen molar-refractivity contribution in [2.24, 2.45) is 0 Å². The molecular weight excluding hydrogens is 172 g/mol. The van der Waals surface area contributed by atoms with Crippen LogP contribution in [0.2, 0.25) is 0 Å². The van der Waals surface area contributed by atoms with Crippen molar-refractivity contribution in [2.45, 2.75) is 51.9 Å². The number of aromatic nitrogens is 2. The van der Waals surface area contributed by atoms with Gasteiger partial charge in [-0.05, 0) is 12.5 Å². The van der Waals surface area contributed by atoms with Crippen LogP contribution in [0.3, 0.4) is 0 Å². The Balaban J connectivity index is 2.25. The van der Waals surface area contributed by atoms with E-state index in [2.05, 4.69) is 23.8 Å². The van der Waals surface area contributed by atoms with Crippen molar-refractivity contribution in [2.75, 3.05) is 0 Å². The average Bonchev–Trinajstić information content (AvgIpc) is 2.25. The lowest BCUT2D eigenvalue weighted by atomic mass is 10.0. The minimum atomic E-state index is 0.507. The van der Waals surface area contributed by atoms with E-state index in [1.165, 1.54) is 32.1 Å². The van der Waals surface area contributed by atoms with Crippen LogP contribution in [0.25, 0.3) is 0 Å². The van der Waals surface area contributed by atoms with E-state index >= 15 is 0 Å². The zero-order valence-corrected chi connectivity index (χ0v) is 9.24. The highest BCUT2D eigenvalue weighted by Crippen LogP contribution is 2.17. The van der Waals surface area contributed by atoms with Crippen LogP contribution in [0.5, 0.6) is 0 Å². The Morgan fingerprint density at radius 1 is 1.14 bits per heavy atom. The molecule has 0 radical (unpaired) electrons. The minimum absolute atomic E-state index is 0.507. The molecule has 1 aromatic heterocycles. The maximum absolute atomic E-state index is 4.27. The minimum Gasteiger partial charge on any atom is -0.241 e. The zero-order chi connectivity index (χ0) is 10.2. The molecule has 1 rings (SSSR count). The van der Waals surface area contributed by atoms with Gasteiger partial charge in [0.05, 0.1) is 0 Å². The molecule has 1 aromatic rings. The van der Waals surface area contributed by atoms with Gasteiger partial charge >= 0.3 is 0 Å². The van der Waals surface area contributed by atoms with Gasteiger partial charge in [-0.1, -0.05) is 39.5 Å². The highest BCUT2D eigenvalue weighted by atomic mass is 14.9. The molecule has 0 saturated heterocycles. The summed E-state index contributed by atoms with van der Waals surface area (Å²) in [4.78, 5) is 8.53. The standard InChI is InChI=1S/C12H20N2/c1-3-4-5-6-8-11(2)12-13-9-7-10-14-12/h7,9-11H,3-6,8H2,1-2H3. The molecule has 1 heterocycles. The number of unbranched alkanes of at least 4 members (excludes halogenated alkanes) is 3. The molecule has 0 aromatic carbocycles. The lowest BCUT2D eigenvalue weighted by Crippen LogP contribution is -1.99. The van der Waals surface area contributed by atoms with Crippen molar-refractivity contribution in [1.29, 1.82) is 0 Å². The summed E-state index contributed by atoms with van der Waals surface area (Å²) in [5.41, 5.74) is 0. The topological polar surface area (TPSA) is 25.8 Å². The summed E-state index contributed by atoms with van der Waals surface area (Å²) < 4.78 is 0. The van der Waals surface area contributed by atoms with Crippen molar-refractivity contribution < 1.29 is 0 Å². The number of nitrogens with zero attached hydrogens (tertiary/aromatic N) is 2. The van der Waals surface area contributed by atoms with Gasteiger partial charge in [-0.2, -0.15) is 0 Å². The van der Waals surface area contributed by atoms with Gasteiger partial charge in [-0.15, -0.1) is 0 Å². The first-order valence-electron chi connectivity index (χ1n) is 5.61. The van der Waals surface area contributed by atoms with Crippen molar-refractivity contribution in [1.82, 2.24) is 9.97 Å². The van der Waals surface area contributed by atoms with E-state index in [-0.39, 0.29) is 0 Å². The van der Waals surface area contributed by atoms with E-state index < -0.39 is 0 Å². The second-order valence-corrected chi connectivity index (χ2v) is 3.86. The van der Waals surface area contributed by atoms with Crippen LogP contribution < -0.4 is 0 Å². The third-order valence-electron chi connectivity index (χ3n) is 2.52. The molecule has 0 bridgehead atoms. The van der Waals surface area contributed by atoms with E-state index in [4.69, 9.17) is 0 Å². The fourth-order valence-electron chi connectivity index (χ4n) is 1.57. The smallest absolute Gasteiger partial charge is 0.130 e. The van der Waals surface area contributed by atoms with Crippen LogP contribution in [0.4, 0.5) is 0 Å². The van der Waals surface area contributed by atoms with Gasteiger partial charge in [0.2, 0.25) is 0 Å². The second kappa shape index (κ2) is 6.52. The zero-order valence-electron chi connectivity index (χ0n) is 9.24. The molecule has 2 heteroatoms. The predicted octanol–water partition coefficient (Wildman–Crippen LogP) is 3.55. The number of hydrogen-bond donors (Lipinski definition) is 0. The van der Waals surface area contributed by atoms with Crippen LogP contribution in [0.1, 0.15) is 57.7 Å². The van der Waals surface area contributed by atoms with Gasteiger partial charge in [0, 0.05) is 18.3 Å². The first-order valence-corrected chi connectivity index (χ1v) is 5.61. The Bertz CT molecular complexity index is 233. The quantitative estimate of drug-likeness (QED) is 0.644. The Morgan fingerprint density at radius 2 is 1.86 bits per heavy atom. The highest BCUT2D eigenvalue weighted by molar-refractivity contribution is 4.94. The highest BCUT2D eigenvalue weighted by Gasteiger charge is 2.06. The van der Waals surface area contributed by atoms with Gasteiger partial charge < -0.3 is 0 Å². The fourth-order valence-corrected chi connectivity index (χ4v) is 1.57. The molecule has 78 valence electrons. The molecule has 1 unspecified atom stereocenters. The van der Waals surface area contributed by atoms with E-state index in [0.29, 0.717) is 5.92 Å². The maximum Gasteiger partial charge on any atom is 0.130 e. The number of rotatable bonds is 6. The molecule has 0 spiro atoms. The van der Waals surface area contributed by atoms with Gasteiger partial charge in [0.1, 0.15) is 5.82 Å². The molecule has 0 aliphatic rings. The Hall–Kier alpha value is -0.920. The maximum atomic E-state index is 4.27.